The highest BCUT2D eigenvalue weighted by molar-refractivity contribution is 7.99. The fourth-order valence-corrected chi connectivity index (χ4v) is 3.35. The minimum absolute atomic E-state index is 0.0147. The number of fused-ring (bicyclic) bond motifs is 1. The standard InChI is InChI=1S/C11H13N3O2S2/c1-2-14-10(16)9-7(3-5-17-9)13-11(14)18-6-4-8(12)15/h3,5H,2,4,6H2,1H3,(H2,12,15). The van der Waals surface area contributed by atoms with Gasteiger partial charge in [-0.2, -0.15) is 0 Å². The summed E-state index contributed by atoms with van der Waals surface area (Å²) < 4.78 is 2.31. The van der Waals surface area contributed by atoms with E-state index in [9.17, 15) is 9.59 Å². The number of thiophene rings is 1. The molecule has 0 atom stereocenters. The molecule has 0 spiro atoms. The number of carbonyl (C=O) groups excluding carboxylic acids is 1. The van der Waals surface area contributed by atoms with Gasteiger partial charge in [0.1, 0.15) is 4.70 Å². The van der Waals surface area contributed by atoms with E-state index in [1.54, 1.807) is 4.57 Å². The molecular weight excluding hydrogens is 270 g/mol. The van der Waals surface area contributed by atoms with Crippen LogP contribution in [0.25, 0.3) is 10.2 Å². The minimum atomic E-state index is -0.343. The van der Waals surface area contributed by atoms with Crippen LogP contribution in [-0.4, -0.2) is 21.2 Å². The summed E-state index contributed by atoms with van der Waals surface area (Å²) in [4.78, 5) is 27.3. The van der Waals surface area contributed by atoms with Gasteiger partial charge >= 0.3 is 0 Å². The van der Waals surface area contributed by atoms with Crippen LogP contribution in [0.4, 0.5) is 0 Å². The van der Waals surface area contributed by atoms with Gasteiger partial charge in [-0.05, 0) is 18.4 Å². The van der Waals surface area contributed by atoms with Crippen LogP contribution in [0.1, 0.15) is 13.3 Å². The second kappa shape index (κ2) is 5.53. The van der Waals surface area contributed by atoms with E-state index in [2.05, 4.69) is 4.98 Å². The predicted molar refractivity (Wildman–Crippen MR) is 74.1 cm³/mol. The van der Waals surface area contributed by atoms with Gasteiger partial charge in [-0.1, -0.05) is 11.8 Å². The molecule has 7 heteroatoms. The molecule has 0 bridgehead atoms. The van der Waals surface area contributed by atoms with Gasteiger partial charge in [-0.15, -0.1) is 11.3 Å². The minimum Gasteiger partial charge on any atom is -0.370 e. The molecular formula is C11H13N3O2S2. The Balaban J connectivity index is 2.36. The molecule has 0 aromatic carbocycles. The number of nitrogens with zero attached hydrogens (tertiary/aromatic N) is 2. The molecule has 0 saturated carbocycles. The van der Waals surface area contributed by atoms with Crippen LogP contribution < -0.4 is 11.3 Å². The first kappa shape index (κ1) is 13.1. The lowest BCUT2D eigenvalue weighted by molar-refractivity contribution is -0.117. The Kier molecular flexibility index (Phi) is 4.03. The van der Waals surface area contributed by atoms with Gasteiger partial charge in [-0.3, -0.25) is 14.2 Å². The van der Waals surface area contributed by atoms with Crippen molar-refractivity contribution >= 4 is 39.2 Å². The average molecular weight is 283 g/mol. The van der Waals surface area contributed by atoms with Crippen molar-refractivity contribution in [3.63, 3.8) is 0 Å². The van der Waals surface area contributed by atoms with Gasteiger partial charge in [-0.25, -0.2) is 4.98 Å². The molecule has 0 aliphatic heterocycles. The fraction of sp³-hybridized carbons (Fsp3) is 0.364. The first-order valence-electron chi connectivity index (χ1n) is 5.52. The van der Waals surface area contributed by atoms with Gasteiger partial charge in [0.25, 0.3) is 5.56 Å². The van der Waals surface area contributed by atoms with Gasteiger partial charge in [0.15, 0.2) is 5.16 Å². The molecule has 0 unspecified atom stereocenters. The third kappa shape index (κ3) is 2.56. The smallest absolute Gasteiger partial charge is 0.272 e. The number of hydrogen-bond acceptors (Lipinski definition) is 5. The van der Waals surface area contributed by atoms with E-state index in [1.165, 1.54) is 23.1 Å². The van der Waals surface area contributed by atoms with E-state index >= 15 is 0 Å². The quantitative estimate of drug-likeness (QED) is 0.665. The Hall–Kier alpha value is -1.34. The normalized spacial score (nSPS) is 10.9. The number of rotatable bonds is 5. The summed E-state index contributed by atoms with van der Waals surface area (Å²) in [7, 11) is 0. The lowest BCUT2D eigenvalue weighted by Gasteiger charge is -2.08. The van der Waals surface area contributed by atoms with Crippen molar-refractivity contribution < 1.29 is 4.79 Å². The van der Waals surface area contributed by atoms with Gasteiger partial charge in [0.2, 0.25) is 5.91 Å². The molecule has 0 fully saturated rings. The van der Waals surface area contributed by atoms with E-state index < -0.39 is 0 Å². The number of nitrogens with two attached hydrogens (primary N) is 1. The molecule has 18 heavy (non-hydrogen) atoms. The SMILES string of the molecule is CCn1c(SCCC(N)=O)nc2ccsc2c1=O. The van der Waals surface area contributed by atoms with E-state index in [4.69, 9.17) is 5.73 Å². The molecule has 2 heterocycles. The van der Waals surface area contributed by atoms with E-state index in [0.29, 0.717) is 22.2 Å². The maximum absolute atomic E-state index is 12.2. The van der Waals surface area contributed by atoms with E-state index in [1.807, 2.05) is 18.4 Å². The fourth-order valence-electron chi connectivity index (χ4n) is 1.56. The molecule has 0 radical (unpaired) electrons. The summed E-state index contributed by atoms with van der Waals surface area (Å²) in [5.41, 5.74) is 5.80. The van der Waals surface area contributed by atoms with Crippen molar-refractivity contribution in [1.82, 2.24) is 9.55 Å². The van der Waals surface area contributed by atoms with Crippen LogP contribution in [0.3, 0.4) is 0 Å². The second-order valence-electron chi connectivity index (χ2n) is 3.64. The summed E-state index contributed by atoms with van der Waals surface area (Å²) in [5.74, 6) is 0.196. The Morgan fingerprint density at radius 3 is 3.06 bits per heavy atom. The molecule has 0 aliphatic carbocycles. The van der Waals surface area contributed by atoms with E-state index in [-0.39, 0.29) is 17.9 Å². The summed E-state index contributed by atoms with van der Waals surface area (Å²) in [6.45, 7) is 2.47. The highest BCUT2D eigenvalue weighted by Crippen LogP contribution is 2.21. The number of thioether (sulfide) groups is 1. The van der Waals surface area contributed by atoms with E-state index in [0.717, 1.165) is 5.52 Å². The summed E-state index contributed by atoms with van der Waals surface area (Å²) in [6, 6.07) is 1.83. The average Bonchev–Trinajstić information content (AvgIpc) is 2.77. The molecule has 96 valence electrons. The topological polar surface area (TPSA) is 78.0 Å². The predicted octanol–water partition coefficient (Wildman–Crippen LogP) is 1.45. The maximum atomic E-state index is 12.2. The van der Waals surface area contributed by atoms with Crippen molar-refractivity contribution in [2.45, 2.75) is 25.0 Å². The summed E-state index contributed by atoms with van der Waals surface area (Å²) >= 11 is 2.79. The Morgan fingerprint density at radius 1 is 1.61 bits per heavy atom. The lowest BCUT2D eigenvalue weighted by Crippen LogP contribution is -2.21. The summed E-state index contributed by atoms with van der Waals surface area (Å²) in [5, 5.41) is 2.51. The molecule has 5 nitrogen and oxygen atoms in total. The largest absolute Gasteiger partial charge is 0.370 e. The zero-order valence-corrected chi connectivity index (χ0v) is 11.5. The molecule has 1 amide bonds. The van der Waals surface area contributed by atoms with Crippen molar-refractivity contribution in [2.75, 3.05) is 5.75 Å². The Morgan fingerprint density at radius 2 is 2.39 bits per heavy atom. The first-order chi connectivity index (χ1) is 8.63. The monoisotopic (exact) mass is 283 g/mol. The van der Waals surface area contributed by atoms with Crippen LogP contribution in [0.15, 0.2) is 21.4 Å². The zero-order chi connectivity index (χ0) is 13.1. The van der Waals surface area contributed by atoms with Crippen LogP contribution in [0.2, 0.25) is 0 Å². The number of aromatic nitrogens is 2. The van der Waals surface area contributed by atoms with Gasteiger partial charge in [0, 0.05) is 18.7 Å². The van der Waals surface area contributed by atoms with Crippen LogP contribution in [-0.2, 0) is 11.3 Å². The van der Waals surface area contributed by atoms with Gasteiger partial charge in [0.05, 0.1) is 5.52 Å². The molecule has 2 aromatic rings. The van der Waals surface area contributed by atoms with Crippen molar-refractivity contribution in [3.8, 4) is 0 Å². The van der Waals surface area contributed by atoms with Crippen molar-refractivity contribution in [1.29, 1.82) is 0 Å². The third-order valence-electron chi connectivity index (χ3n) is 2.43. The van der Waals surface area contributed by atoms with Crippen LogP contribution in [0, 0.1) is 0 Å². The number of primary amides is 1. The number of carbonyl (C=O) groups is 1. The Bertz CT molecular complexity index is 633. The second-order valence-corrected chi connectivity index (χ2v) is 5.62. The maximum Gasteiger partial charge on any atom is 0.272 e. The lowest BCUT2D eigenvalue weighted by atomic mass is 10.4. The third-order valence-corrected chi connectivity index (χ3v) is 4.30. The summed E-state index contributed by atoms with van der Waals surface area (Å²) in [6.07, 6.45) is 0.284. The molecule has 2 aromatic heterocycles. The van der Waals surface area contributed by atoms with Crippen LogP contribution >= 0.6 is 23.1 Å². The molecule has 0 saturated heterocycles. The highest BCUT2D eigenvalue weighted by Gasteiger charge is 2.11. The van der Waals surface area contributed by atoms with Crippen molar-refractivity contribution in [2.24, 2.45) is 5.73 Å². The first-order valence-corrected chi connectivity index (χ1v) is 7.39. The number of hydrogen-bond donors (Lipinski definition) is 1. The molecule has 2 N–H and O–H groups in total. The molecule has 2 rings (SSSR count). The van der Waals surface area contributed by atoms with Crippen LogP contribution in [0.5, 0.6) is 0 Å². The number of amides is 1. The molecule has 0 aliphatic rings. The Labute approximate surface area is 112 Å². The highest BCUT2D eigenvalue weighted by atomic mass is 32.2. The van der Waals surface area contributed by atoms with Gasteiger partial charge < -0.3 is 5.73 Å². The zero-order valence-electron chi connectivity index (χ0n) is 9.88. The van der Waals surface area contributed by atoms with Crippen molar-refractivity contribution in [3.05, 3.63) is 21.8 Å².